The van der Waals surface area contributed by atoms with Crippen LogP contribution in [0.5, 0.6) is 0 Å². The first kappa shape index (κ1) is 13.0. The molecule has 0 bridgehead atoms. The van der Waals surface area contributed by atoms with Gasteiger partial charge in [0, 0.05) is 18.0 Å². The number of piperidine rings is 1. The van der Waals surface area contributed by atoms with Crippen molar-refractivity contribution in [3.05, 3.63) is 16.3 Å². The van der Waals surface area contributed by atoms with Gasteiger partial charge >= 0.3 is 0 Å². The van der Waals surface area contributed by atoms with Crippen molar-refractivity contribution >= 4 is 21.4 Å². The van der Waals surface area contributed by atoms with Crippen LogP contribution in [0, 0.1) is 5.92 Å². The molecule has 2 rings (SSSR count). The van der Waals surface area contributed by atoms with E-state index in [2.05, 4.69) is 6.92 Å². The highest BCUT2D eigenvalue weighted by Gasteiger charge is 2.30. The summed E-state index contributed by atoms with van der Waals surface area (Å²) in [6.45, 7) is 3.11. The summed E-state index contributed by atoms with van der Waals surface area (Å²) in [7, 11) is -3.40. The average Bonchev–Trinajstić information content (AvgIpc) is 2.78. The van der Waals surface area contributed by atoms with Crippen LogP contribution in [0.4, 0.5) is 0 Å². The van der Waals surface area contributed by atoms with Crippen LogP contribution in [0.25, 0.3) is 0 Å². The Hall–Kier alpha value is -0.430. The maximum absolute atomic E-state index is 12.4. The van der Waals surface area contributed by atoms with Gasteiger partial charge in [-0.25, -0.2) is 8.42 Å². The minimum absolute atomic E-state index is 0.212. The van der Waals surface area contributed by atoms with E-state index in [1.807, 2.05) is 0 Å². The fraction of sp³-hybridized carbons (Fsp3) is 0.636. The van der Waals surface area contributed by atoms with E-state index < -0.39 is 10.0 Å². The predicted octanol–water partition coefficient (Wildman–Crippen LogP) is 1.66. The zero-order chi connectivity index (χ0) is 12.5. The molecule has 0 saturated carbocycles. The number of thiophene rings is 1. The van der Waals surface area contributed by atoms with Crippen LogP contribution in [-0.2, 0) is 16.6 Å². The lowest BCUT2D eigenvalue weighted by Gasteiger charge is -2.29. The van der Waals surface area contributed by atoms with E-state index in [1.54, 1.807) is 11.4 Å². The lowest BCUT2D eigenvalue weighted by atomic mass is 10.0. The minimum atomic E-state index is -3.40. The Balaban J connectivity index is 2.25. The molecule has 1 fully saturated rings. The Kier molecular flexibility index (Phi) is 3.87. The molecule has 1 aromatic rings. The maximum atomic E-state index is 12.4. The molecular formula is C11H17NO3S2. The SMILES string of the molecule is CC1CCN(S(=O)(=O)c2ccsc2CO)CC1. The fourth-order valence-corrected chi connectivity index (χ4v) is 4.77. The largest absolute Gasteiger partial charge is 0.391 e. The second kappa shape index (κ2) is 5.06. The van der Waals surface area contributed by atoms with Gasteiger partial charge in [0.2, 0.25) is 10.0 Å². The van der Waals surface area contributed by atoms with Gasteiger partial charge < -0.3 is 5.11 Å². The van der Waals surface area contributed by atoms with E-state index in [0.29, 0.717) is 23.9 Å². The van der Waals surface area contributed by atoms with Crippen molar-refractivity contribution in [3.63, 3.8) is 0 Å². The fourth-order valence-electron chi connectivity index (χ4n) is 2.04. The number of aliphatic hydroxyl groups excluding tert-OH is 1. The molecule has 0 unspecified atom stereocenters. The molecule has 2 heterocycles. The number of hydrogen-bond donors (Lipinski definition) is 1. The van der Waals surface area contributed by atoms with Crippen molar-refractivity contribution in [2.75, 3.05) is 13.1 Å². The van der Waals surface area contributed by atoms with Crippen molar-refractivity contribution in [1.82, 2.24) is 4.31 Å². The average molecular weight is 275 g/mol. The molecule has 0 amide bonds. The molecule has 4 nitrogen and oxygen atoms in total. The highest BCUT2D eigenvalue weighted by atomic mass is 32.2. The van der Waals surface area contributed by atoms with Crippen molar-refractivity contribution in [2.24, 2.45) is 5.92 Å². The third-order valence-corrected chi connectivity index (χ3v) is 6.23. The van der Waals surface area contributed by atoms with E-state index >= 15 is 0 Å². The van der Waals surface area contributed by atoms with Gasteiger partial charge in [0.05, 0.1) is 11.5 Å². The topological polar surface area (TPSA) is 57.6 Å². The van der Waals surface area contributed by atoms with E-state index in [0.717, 1.165) is 12.8 Å². The Morgan fingerprint density at radius 2 is 2.12 bits per heavy atom. The summed E-state index contributed by atoms with van der Waals surface area (Å²) >= 11 is 1.29. The second-order valence-corrected chi connectivity index (χ2v) is 7.36. The Morgan fingerprint density at radius 3 is 2.71 bits per heavy atom. The van der Waals surface area contributed by atoms with Gasteiger partial charge in [0.1, 0.15) is 0 Å². The molecule has 0 aliphatic carbocycles. The number of sulfonamides is 1. The smallest absolute Gasteiger partial charge is 0.244 e. The van der Waals surface area contributed by atoms with Gasteiger partial charge in [-0.05, 0) is 30.2 Å². The van der Waals surface area contributed by atoms with Crippen molar-refractivity contribution < 1.29 is 13.5 Å². The lowest BCUT2D eigenvalue weighted by molar-refractivity contribution is 0.277. The van der Waals surface area contributed by atoms with Gasteiger partial charge in [0.25, 0.3) is 0 Å². The van der Waals surface area contributed by atoms with E-state index in [4.69, 9.17) is 5.11 Å². The summed E-state index contributed by atoms with van der Waals surface area (Å²) in [6, 6.07) is 1.59. The number of aliphatic hydroxyl groups is 1. The minimum Gasteiger partial charge on any atom is -0.391 e. The standard InChI is InChI=1S/C11H17NO3S2/c1-9-2-5-12(6-3-9)17(14,15)11-4-7-16-10(11)8-13/h4,7,9,13H,2-3,5-6,8H2,1H3. The van der Waals surface area contributed by atoms with Crippen LogP contribution >= 0.6 is 11.3 Å². The van der Waals surface area contributed by atoms with Crippen LogP contribution in [0.15, 0.2) is 16.3 Å². The van der Waals surface area contributed by atoms with Crippen molar-refractivity contribution in [3.8, 4) is 0 Å². The molecule has 17 heavy (non-hydrogen) atoms. The molecule has 0 spiro atoms. The van der Waals surface area contributed by atoms with Crippen LogP contribution in [0.2, 0.25) is 0 Å². The summed E-state index contributed by atoms with van der Waals surface area (Å²) in [5.41, 5.74) is 0. The van der Waals surface area contributed by atoms with Crippen molar-refractivity contribution in [1.29, 1.82) is 0 Å². The monoisotopic (exact) mass is 275 g/mol. The summed E-state index contributed by atoms with van der Waals surface area (Å²) < 4.78 is 26.2. The summed E-state index contributed by atoms with van der Waals surface area (Å²) in [5.74, 6) is 0.598. The number of hydrogen-bond acceptors (Lipinski definition) is 4. The van der Waals surface area contributed by atoms with E-state index in [9.17, 15) is 8.42 Å². The van der Waals surface area contributed by atoms with E-state index in [-0.39, 0.29) is 11.5 Å². The summed E-state index contributed by atoms with van der Waals surface area (Å²) in [5, 5.41) is 10.9. The predicted molar refractivity (Wildman–Crippen MR) is 67.4 cm³/mol. The van der Waals surface area contributed by atoms with Gasteiger partial charge in [0.15, 0.2) is 0 Å². The van der Waals surface area contributed by atoms with Crippen LogP contribution in [-0.4, -0.2) is 30.9 Å². The van der Waals surface area contributed by atoms with Crippen LogP contribution < -0.4 is 0 Å². The van der Waals surface area contributed by atoms with Gasteiger partial charge in [-0.2, -0.15) is 4.31 Å². The first-order valence-electron chi connectivity index (χ1n) is 5.73. The molecule has 0 aromatic carbocycles. The Morgan fingerprint density at radius 1 is 1.47 bits per heavy atom. The molecule has 0 radical (unpaired) electrons. The highest BCUT2D eigenvalue weighted by Crippen LogP contribution is 2.28. The van der Waals surface area contributed by atoms with Crippen LogP contribution in [0.1, 0.15) is 24.6 Å². The third-order valence-electron chi connectivity index (χ3n) is 3.21. The molecule has 1 aliphatic rings. The van der Waals surface area contributed by atoms with Gasteiger partial charge in [-0.1, -0.05) is 6.92 Å². The first-order chi connectivity index (χ1) is 8.05. The van der Waals surface area contributed by atoms with Gasteiger partial charge in [-0.3, -0.25) is 0 Å². The zero-order valence-electron chi connectivity index (χ0n) is 9.80. The maximum Gasteiger partial charge on any atom is 0.244 e. The molecular weight excluding hydrogens is 258 g/mol. The van der Waals surface area contributed by atoms with Gasteiger partial charge in [-0.15, -0.1) is 11.3 Å². The molecule has 6 heteroatoms. The molecule has 0 atom stereocenters. The molecule has 1 aromatic heterocycles. The Labute approximate surface area is 106 Å². The lowest BCUT2D eigenvalue weighted by Crippen LogP contribution is -2.38. The highest BCUT2D eigenvalue weighted by molar-refractivity contribution is 7.89. The first-order valence-corrected chi connectivity index (χ1v) is 8.05. The summed E-state index contributed by atoms with van der Waals surface area (Å²) in [6.07, 6.45) is 1.83. The van der Waals surface area contributed by atoms with Crippen LogP contribution in [0.3, 0.4) is 0 Å². The molecule has 1 N–H and O–H groups in total. The molecule has 1 aliphatic heterocycles. The number of rotatable bonds is 3. The summed E-state index contributed by atoms with van der Waals surface area (Å²) in [4.78, 5) is 0.808. The zero-order valence-corrected chi connectivity index (χ0v) is 11.4. The van der Waals surface area contributed by atoms with E-state index in [1.165, 1.54) is 15.6 Å². The third kappa shape index (κ3) is 2.54. The Bertz CT molecular complexity index is 473. The molecule has 1 saturated heterocycles. The van der Waals surface area contributed by atoms with Crippen molar-refractivity contribution in [2.45, 2.75) is 31.3 Å². The number of nitrogens with zero attached hydrogens (tertiary/aromatic N) is 1. The molecule has 96 valence electrons. The second-order valence-electron chi connectivity index (χ2n) is 4.45. The quantitative estimate of drug-likeness (QED) is 0.912. The normalized spacial score (nSPS) is 19.6.